The summed E-state index contributed by atoms with van der Waals surface area (Å²) in [6, 6.07) is 2.08. The second-order valence-electron chi connectivity index (χ2n) is 5.24. The van der Waals surface area contributed by atoms with Gasteiger partial charge in [-0.15, -0.1) is 23.7 Å². The van der Waals surface area contributed by atoms with Gasteiger partial charge < -0.3 is 10.6 Å². The van der Waals surface area contributed by atoms with Crippen molar-refractivity contribution in [1.29, 1.82) is 0 Å². The van der Waals surface area contributed by atoms with Crippen LogP contribution in [0.4, 0.5) is 0 Å². The van der Waals surface area contributed by atoms with Crippen LogP contribution in [0.5, 0.6) is 0 Å². The predicted molar refractivity (Wildman–Crippen MR) is 90.0 cm³/mol. The largest absolute Gasteiger partial charge is 0.346 e. The number of hydrogen-bond donors (Lipinski definition) is 1. The lowest BCUT2D eigenvalue weighted by molar-refractivity contribution is -0.129. The summed E-state index contributed by atoms with van der Waals surface area (Å²) in [6.07, 6.45) is 2.14. The zero-order valence-electron chi connectivity index (χ0n) is 12.3. The SMILES string of the molecule is CC(C)C(N)CCN(C)C(=O)CCc1cc(Cl)cs1.Cl. The van der Waals surface area contributed by atoms with E-state index in [1.54, 1.807) is 16.2 Å². The average Bonchev–Trinajstić information content (AvgIpc) is 2.78. The van der Waals surface area contributed by atoms with Gasteiger partial charge >= 0.3 is 0 Å². The molecule has 0 aliphatic carbocycles. The van der Waals surface area contributed by atoms with Crippen LogP contribution >= 0.6 is 35.3 Å². The Bertz CT molecular complexity index is 410. The number of carbonyl (C=O) groups excluding carboxylic acids is 1. The van der Waals surface area contributed by atoms with Crippen LogP contribution in [0.3, 0.4) is 0 Å². The highest BCUT2D eigenvalue weighted by Crippen LogP contribution is 2.20. The highest BCUT2D eigenvalue weighted by Gasteiger charge is 2.13. The molecular formula is C14H24Cl2N2OS. The minimum atomic E-state index is 0. The van der Waals surface area contributed by atoms with Crippen molar-refractivity contribution in [2.45, 2.75) is 39.2 Å². The number of carbonyl (C=O) groups is 1. The van der Waals surface area contributed by atoms with Crippen LogP contribution in [0.2, 0.25) is 5.02 Å². The maximum atomic E-state index is 12.0. The van der Waals surface area contributed by atoms with Crippen LogP contribution in [0.1, 0.15) is 31.6 Å². The Balaban J connectivity index is 0.00000361. The van der Waals surface area contributed by atoms with Crippen molar-refractivity contribution in [2.24, 2.45) is 11.7 Å². The molecule has 0 fully saturated rings. The van der Waals surface area contributed by atoms with E-state index in [9.17, 15) is 4.79 Å². The number of amides is 1. The minimum absolute atomic E-state index is 0. The Morgan fingerprint density at radius 2 is 2.15 bits per heavy atom. The molecule has 0 bridgehead atoms. The second kappa shape index (κ2) is 9.61. The molecule has 20 heavy (non-hydrogen) atoms. The molecule has 1 heterocycles. The lowest BCUT2D eigenvalue weighted by atomic mass is 10.0. The minimum Gasteiger partial charge on any atom is -0.346 e. The Labute approximate surface area is 136 Å². The van der Waals surface area contributed by atoms with Crippen molar-refractivity contribution >= 4 is 41.3 Å². The molecule has 6 heteroatoms. The highest BCUT2D eigenvalue weighted by molar-refractivity contribution is 7.10. The summed E-state index contributed by atoms with van der Waals surface area (Å²) in [4.78, 5) is 14.9. The van der Waals surface area contributed by atoms with Gasteiger partial charge in [0.1, 0.15) is 0 Å². The molecule has 1 aromatic rings. The summed E-state index contributed by atoms with van der Waals surface area (Å²) in [5.41, 5.74) is 5.98. The second-order valence-corrected chi connectivity index (χ2v) is 6.68. The third-order valence-electron chi connectivity index (χ3n) is 3.29. The van der Waals surface area contributed by atoms with Gasteiger partial charge in [0.15, 0.2) is 0 Å². The molecule has 0 saturated heterocycles. The number of aryl methyl sites for hydroxylation is 1. The van der Waals surface area contributed by atoms with Crippen molar-refractivity contribution in [3.05, 3.63) is 21.3 Å². The van der Waals surface area contributed by atoms with Crippen LogP contribution in [0, 0.1) is 5.92 Å². The molecule has 0 aliphatic heterocycles. The van der Waals surface area contributed by atoms with E-state index in [2.05, 4.69) is 13.8 Å². The topological polar surface area (TPSA) is 46.3 Å². The van der Waals surface area contributed by atoms with E-state index in [-0.39, 0.29) is 24.4 Å². The number of nitrogens with two attached hydrogens (primary N) is 1. The van der Waals surface area contributed by atoms with Crippen molar-refractivity contribution in [3.8, 4) is 0 Å². The molecule has 0 aromatic carbocycles. The smallest absolute Gasteiger partial charge is 0.222 e. The number of rotatable bonds is 7. The molecule has 116 valence electrons. The maximum absolute atomic E-state index is 12.0. The van der Waals surface area contributed by atoms with Gasteiger partial charge in [0, 0.05) is 36.3 Å². The first-order valence-corrected chi connectivity index (χ1v) is 7.88. The number of halogens is 2. The first-order valence-electron chi connectivity index (χ1n) is 6.62. The molecule has 2 N–H and O–H groups in total. The monoisotopic (exact) mass is 338 g/mol. The van der Waals surface area contributed by atoms with E-state index in [1.165, 1.54) is 0 Å². The quantitative estimate of drug-likeness (QED) is 0.825. The van der Waals surface area contributed by atoms with Gasteiger partial charge in [-0.05, 0) is 24.8 Å². The zero-order valence-corrected chi connectivity index (χ0v) is 14.7. The molecular weight excluding hydrogens is 315 g/mol. The first-order chi connectivity index (χ1) is 8.90. The fraction of sp³-hybridized carbons (Fsp3) is 0.643. The molecule has 0 spiro atoms. The van der Waals surface area contributed by atoms with Crippen molar-refractivity contribution in [2.75, 3.05) is 13.6 Å². The summed E-state index contributed by atoms with van der Waals surface area (Å²) in [5, 5.41) is 2.65. The van der Waals surface area contributed by atoms with Gasteiger partial charge in [-0.25, -0.2) is 0 Å². The van der Waals surface area contributed by atoms with Gasteiger partial charge in [0.05, 0.1) is 5.02 Å². The van der Waals surface area contributed by atoms with E-state index in [4.69, 9.17) is 17.3 Å². The van der Waals surface area contributed by atoms with Gasteiger partial charge in [-0.2, -0.15) is 0 Å². The fourth-order valence-electron chi connectivity index (χ4n) is 1.71. The summed E-state index contributed by atoms with van der Waals surface area (Å²) in [5.74, 6) is 0.622. The molecule has 0 radical (unpaired) electrons. The molecule has 0 saturated carbocycles. The van der Waals surface area contributed by atoms with Crippen molar-refractivity contribution in [1.82, 2.24) is 4.90 Å². The van der Waals surface area contributed by atoms with E-state index in [0.717, 1.165) is 29.3 Å². The first kappa shape index (κ1) is 19.7. The van der Waals surface area contributed by atoms with Crippen LogP contribution in [0.15, 0.2) is 11.4 Å². The van der Waals surface area contributed by atoms with Gasteiger partial charge in [-0.1, -0.05) is 25.4 Å². The molecule has 1 atom stereocenters. The number of thiophene rings is 1. The molecule has 0 aliphatic rings. The van der Waals surface area contributed by atoms with Crippen LogP contribution in [-0.2, 0) is 11.2 Å². The molecule has 1 unspecified atom stereocenters. The van der Waals surface area contributed by atoms with Crippen LogP contribution in [0.25, 0.3) is 0 Å². The van der Waals surface area contributed by atoms with Gasteiger partial charge in [-0.3, -0.25) is 4.79 Å². The predicted octanol–water partition coefficient (Wildman–Crippen LogP) is 3.59. The van der Waals surface area contributed by atoms with Crippen molar-refractivity contribution < 1.29 is 4.79 Å². The fourth-order valence-corrected chi connectivity index (χ4v) is 2.78. The van der Waals surface area contributed by atoms with Crippen LogP contribution in [-0.4, -0.2) is 30.4 Å². The third kappa shape index (κ3) is 6.93. The molecule has 1 aromatic heterocycles. The number of nitrogens with zero attached hydrogens (tertiary/aromatic N) is 1. The van der Waals surface area contributed by atoms with E-state index in [0.29, 0.717) is 12.3 Å². The lowest BCUT2D eigenvalue weighted by Crippen LogP contribution is -2.34. The highest BCUT2D eigenvalue weighted by atomic mass is 35.5. The average molecular weight is 339 g/mol. The van der Waals surface area contributed by atoms with Gasteiger partial charge in [0.25, 0.3) is 0 Å². The molecule has 1 amide bonds. The maximum Gasteiger partial charge on any atom is 0.222 e. The Morgan fingerprint density at radius 1 is 1.50 bits per heavy atom. The normalized spacial score (nSPS) is 12.1. The molecule has 3 nitrogen and oxygen atoms in total. The van der Waals surface area contributed by atoms with Gasteiger partial charge in [0.2, 0.25) is 5.91 Å². The Morgan fingerprint density at radius 3 is 2.65 bits per heavy atom. The van der Waals surface area contributed by atoms with E-state index in [1.807, 2.05) is 18.5 Å². The van der Waals surface area contributed by atoms with E-state index < -0.39 is 0 Å². The zero-order chi connectivity index (χ0) is 14.4. The summed E-state index contributed by atoms with van der Waals surface area (Å²) < 4.78 is 0. The van der Waals surface area contributed by atoms with E-state index >= 15 is 0 Å². The Kier molecular flexibility index (Phi) is 9.47. The standard InChI is InChI=1S/C14H23ClN2OS.ClH/c1-10(2)13(16)6-7-17(3)14(18)5-4-12-8-11(15)9-19-12;/h8-10,13H,4-7,16H2,1-3H3;1H. The number of hydrogen-bond acceptors (Lipinski definition) is 3. The third-order valence-corrected chi connectivity index (χ3v) is 4.63. The lowest BCUT2D eigenvalue weighted by Gasteiger charge is -2.21. The molecule has 1 rings (SSSR count). The summed E-state index contributed by atoms with van der Waals surface area (Å²) in [6.45, 7) is 4.93. The summed E-state index contributed by atoms with van der Waals surface area (Å²) >= 11 is 7.46. The van der Waals surface area contributed by atoms with Crippen molar-refractivity contribution in [3.63, 3.8) is 0 Å². The van der Waals surface area contributed by atoms with Crippen LogP contribution < -0.4 is 5.73 Å². The Hall–Kier alpha value is -0.290. The summed E-state index contributed by atoms with van der Waals surface area (Å²) in [7, 11) is 1.84.